The van der Waals surface area contributed by atoms with E-state index in [2.05, 4.69) is 10.1 Å². The van der Waals surface area contributed by atoms with Crippen LogP contribution in [0.3, 0.4) is 0 Å². The smallest absolute Gasteiger partial charge is 0.236 e. The molecule has 0 unspecified atom stereocenters. The summed E-state index contributed by atoms with van der Waals surface area (Å²) in [5.74, 6) is 2.59. The van der Waals surface area contributed by atoms with Crippen LogP contribution in [-0.2, 0) is 10.5 Å². The van der Waals surface area contributed by atoms with Gasteiger partial charge < -0.3 is 14.4 Å². The van der Waals surface area contributed by atoms with Crippen LogP contribution >= 0.6 is 23.4 Å². The van der Waals surface area contributed by atoms with Crippen LogP contribution < -0.4 is 0 Å². The van der Waals surface area contributed by atoms with Gasteiger partial charge in [0.15, 0.2) is 0 Å². The summed E-state index contributed by atoms with van der Waals surface area (Å²) in [6, 6.07) is 7.31. The first-order valence-electron chi connectivity index (χ1n) is 6.56. The van der Waals surface area contributed by atoms with Crippen molar-refractivity contribution in [2.75, 3.05) is 25.6 Å². The molecule has 1 aromatic heterocycles. The van der Waals surface area contributed by atoms with Gasteiger partial charge >= 0.3 is 0 Å². The van der Waals surface area contributed by atoms with Crippen LogP contribution in [-0.4, -0.2) is 40.8 Å². The van der Waals surface area contributed by atoms with E-state index in [1.807, 2.05) is 12.1 Å². The number of hydrogen-bond donors (Lipinski definition) is 1. The SMILES string of the molecule is OCC1(CSCc2nc(-c3ccc(Cl)cc3)no2)COC1. The number of benzene rings is 1. The fourth-order valence-corrected chi connectivity index (χ4v) is 3.21. The summed E-state index contributed by atoms with van der Waals surface area (Å²) in [5.41, 5.74) is 0.780. The summed E-state index contributed by atoms with van der Waals surface area (Å²) in [7, 11) is 0. The van der Waals surface area contributed by atoms with Gasteiger partial charge in [-0.25, -0.2) is 0 Å². The molecule has 1 N–H and O–H groups in total. The third kappa shape index (κ3) is 3.40. The molecule has 5 nitrogen and oxygen atoms in total. The highest BCUT2D eigenvalue weighted by Crippen LogP contribution is 2.32. The number of thioether (sulfide) groups is 1. The molecule has 1 aliphatic rings. The molecule has 1 aromatic carbocycles. The molecule has 0 amide bonds. The van der Waals surface area contributed by atoms with E-state index in [1.54, 1.807) is 23.9 Å². The molecule has 112 valence electrons. The van der Waals surface area contributed by atoms with E-state index in [1.165, 1.54) is 0 Å². The van der Waals surface area contributed by atoms with Gasteiger partial charge in [0.2, 0.25) is 11.7 Å². The summed E-state index contributed by atoms with van der Waals surface area (Å²) >= 11 is 7.52. The van der Waals surface area contributed by atoms with Crippen molar-refractivity contribution < 1.29 is 14.4 Å². The Bertz CT molecular complexity index is 593. The van der Waals surface area contributed by atoms with Crippen LogP contribution in [0.15, 0.2) is 28.8 Å². The van der Waals surface area contributed by atoms with Crippen molar-refractivity contribution in [2.24, 2.45) is 5.41 Å². The zero-order chi connectivity index (χ0) is 14.7. The molecule has 3 rings (SSSR count). The minimum absolute atomic E-state index is 0.0936. The Hall–Kier alpha value is -1.08. The molecule has 1 fully saturated rings. The van der Waals surface area contributed by atoms with Crippen molar-refractivity contribution in [2.45, 2.75) is 5.75 Å². The second-order valence-corrected chi connectivity index (χ2v) is 6.58. The Morgan fingerprint density at radius 3 is 2.67 bits per heavy atom. The first-order chi connectivity index (χ1) is 10.2. The van der Waals surface area contributed by atoms with Gasteiger partial charge in [0.1, 0.15) is 0 Å². The topological polar surface area (TPSA) is 68.4 Å². The number of aliphatic hydroxyl groups excluding tert-OH is 1. The van der Waals surface area contributed by atoms with Gasteiger partial charge in [-0.1, -0.05) is 16.8 Å². The third-order valence-corrected chi connectivity index (χ3v) is 4.88. The quantitative estimate of drug-likeness (QED) is 0.880. The summed E-state index contributed by atoms with van der Waals surface area (Å²) in [6.07, 6.45) is 0. The molecular weight excluding hydrogens is 312 g/mol. The van der Waals surface area contributed by atoms with Crippen LogP contribution in [0.5, 0.6) is 0 Å². The van der Waals surface area contributed by atoms with E-state index in [4.69, 9.17) is 20.9 Å². The van der Waals surface area contributed by atoms with E-state index < -0.39 is 0 Å². The average Bonchev–Trinajstić information content (AvgIpc) is 2.91. The molecule has 0 atom stereocenters. The molecule has 0 bridgehead atoms. The lowest BCUT2D eigenvalue weighted by Gasteiger charge is -2.39. The van der Waals surface area contributed by atoms with Crippen LogP contribution in [0.2, 0.25) is 5.02 Å². The molecule has 2 heterocycles. The number of rotatable bonds is 6. The summed E-state index contributed by atoms with van der Waals surface area (Å²) in [4.78, 5) is 4.36. The maximum atomic E-state index is 9.35. The molecular formula is C14H15ClN2O3S. The highest BCUT2D eigenvalue weighted by Gasteiger charge is 2.37. The Balaban J connectivity index is 1.56. The first kappa shape index (κ1) is 14.8. The third-order valence-electron chi connectivity index (χ3n) is 3.36. The number of hydrogen-bond acceptors (Lipinski definition) is 6. The predicted octanol–water partition coefficient (Wildman–Crippen LogP) is 2.63. The molecule has 0 radical (unpaired) electrons. The molecule has 0 aliphatic carbocycles. The van der Waals surface area contributed by atoms with E-state index in [0.29, 0.717) is 35.7 Å². The monoisotopic (exact) mass is 326 g/mol. The Morgan fingerprint density at radius 1 is 1.29 bits per heavy atom. The van der Waals surface area contributed by atoms with Crippen LogP contribution in [0.4, 0.5) is 0 Å². The fourth-order valence-electron chi connectivity index (χ4n) is 2.00. The van der Waals surface area contributed by atoms with Gasteiger partial charge in [0.05, 0.1) is 25.6 Å². The van der Waals surface area contributed by atoms with E-state index >= 15 is 0 Å². The zero-order valence-electron chi connectivity index (χ0n) is 11.3. The van der Waals surface area contributed by atoms with Crippen molar-refractivity contribution in [3.63, 3.8) is 0 Å². The lowest BCUT2D eigenvalue weighted by atomic mass is 9.90. The van der Waals surface area contributed by atoms with Crippen molar-refractivity contribution in [3.8, 4) is 11.4 Å². The number of nitrogens with zero attached hydrogens (tertiary/aromatic N) is 2. The minimum atomic E-state index is -0.0936. The highest BCUT2D eigenvalue weighted by atomic mass is 35.5. The Labute approximate surface area is 131 Å². The first-order valence-corrected chi connectivity index (χ1v) is 8.09. The predicted molar refractivity (Wildman–Crippen MR) is 81.2 cm³/mol. The second-order valence-electron chi connectivity index (χ2n) is 5.16. The molecule has 21 heavy (non-hydrogen) atoms. The highest BCUT2D eigenvalue weighted by molar-refractivity contribution is 7.98. The zero-order valence-corrected chi connectivity index (χ0v) is 12.9. The molecule has 1 saturated heterocycles. The molecule has 0 spiro atoms. The van der Waals surface area contributed by atoms with Crippen LogP contribution in [0.1, 0.15) is 5.89 Å². The van der Waals surface area contributed by atoms with Gasteiger partial charge in [-0.05, 0) is 24.3 Å². The Morgan fingerprint density at radius 2 is 2.05 bits per heavy atom. The average molecular weight is 327 g/mol. The minimum Gasteiger partial charge on any atom is -0.396 e. The van der Waals surface area contributed by atoms with Crippen LogP contribution in [0, 0.1) is 5.41 Å². The molecule has 1 aliphatic heterocycles. The number of aromatic nitrogens is 2. The van der Waals surface area contributed by atoms with Gasteiger partial charge in [-0.15, -0.1) is 0 Å². The maximum absolute atomic E-state index is 9.35. The normalized spacial score (nSPS) is 16.7. The summed E-state index contributed by atoms with van der Waals surface area (Å²) in [5, 5.41) is 14.0. The van der Waals surface area contributed by atoms with E-state index in [0.717, 1.165) is 11.3 Å². The van der Waals surface area contributed by atoms with E-state index in [-0.39, 0.29) is 12.0 Å². The molecule has 7 heteroatoms. The van der Waals surface area contributed by atoms with Crippen molar-refractivity contribution in [1.82, 2.24) is 10.1 Å². The standard InChI is InChI=1S/C14H15ClN2O3S/c15-11-3-1-10(2-4-11)13-16-12(20-17-13)5-21-9-14(6-18)7-19-8-14/h1-4,18H,5-9H2. The molecule has 0 saturated carbocycles. The Kier molecular flexibility index (Phi) is 4.49. The largest absolute Gasteiger partial charge is 0.396 e. The number of ether oxygens (including phenoxy) is 1. The lowest BCUT2D eigenvalue weighted by molar-refractivity contribution is -0.121. The number of halogens is 1. The van der Waals surface area contributed by atoms with Gasteiger partial charge in [-0.3, -0.25) is 0 Å². The van der Waals surface area contributed by atoms with Crippen molar-refractivity contribution in [3.05, 3.63) is 35.2 Å². The van der Waals surface area contributed by atoms with Crippen molar-refractivity contribution in [1.29, 1.82) is 0 Å². The summed E-state index contributed by atoms with van der Waals surface area (Å²) in [6.45, 7) is 1.40. The van der Waals surface area contributed by atoms with E-state index in [9.17, 15) is 5.11 Å². The summed E-state index contributed by atoms with van der Waals surface area (Å²) < 4.78 is 10.4. The number of aliphatic hydroxyl groups is 1. The van der Waals surface area contributed by atoms with Crippen molar-refractivity contribution >= 4 is 23.4 Å². The second kappa shape index (κ2) is 6.36. The van der Waals surface area contributed by atoms with Gasteiger partial charge in [-0.2, -0.15) is 16.7 Å². The van der Waals surface area contributed by atoms with Gasteiger partial charge in [0, 0.05) is 21.8 Å². The lowest BCUT2D eigenvalue weighted by Crippen LogP contribution is -2.47. The molecule has 2 aromatic rings. The van der Waals surface area contributed by atoms with Crippen LogP contribution in [0.25, 0.3) is 11.4 Å². The van der Waals surface area contributed by atoms with Gasteiger partial charge in [0.25, 0.3) is 0 Å². The fraction of sp³-hybridized carbons (Fsp3) is 0.429. The maximum Gasteiger partial charge on any atom is 0.236 e.